The molecule has 2 unspecified atom stereocenters. The van der Waals surface area contributed by atoms with Crippen molar-refractivity contribution in [3.05, 3.63) is 77.8 Å². The second-order valence-corrected chi connectivity index (χ2v) is 10.7. The highest BCUT2D eigenvalue weighted by atomic mass is 16.5. The Bertz CT molecular complexity index is 1080. The van der Waals surface area contributed by atoms with Gasteiger partial charge in [-0.15, -0.1) is 0 Å². The van der Waals surface area contributed by atoms with E-state index in [-0.39, 0.29) is 17.5 Å². The summed E-state index contributed by atoms with van der Waals surface area (Å²) in [6, 6.07) is 6.40. The number of carbonyl (C=O) groups is 1. The van der Waals surface area contributed by atoms with E-state index >= 15 is 0 Å². The van der Waals surface area contributed by atoms with Gasteiger partial charge in [0.25, 0.3) is 0 Å². The zero-order valence-corrected chi connectivity index (χ0v) is 21.9. The third kappa shape index (κ3) is 4.53. The maximum Gasteiger partial charge on any atom is 0.318 e. The number of nitrogens with one attached hydrogen (secondary N) is 1. The molecule has 0 saturated heterocycles. The van der Waals surface area contributed by atoms with E-state index in [1.165, 1.54) is 18.4 Å². The third-order valence-corrected chi connectivity index (χ3v) is 8.14. The summed E-state index contributed by atoms with van der Waals surface area (Å²) in [7, 11) is 1.84. The molecule has 35 heavy (non-hydrogen) atoms. The van der Waals surface area contributed by atoms with E-state index in [2.05, 4.69) is 49.7 Å². The van der Waals surface area contributed by atoms with E-state index in [9.17, 15) is 4.79 Å². The van der Waals surface area contributed by atoms with Gasteiger partial charge in [-0.2, -0.15) is 0 Å². The molecule has 0 aromatic heterocycles. The van der Waals surface area contributed by atoms with Crippen LogP contribution in [0.4, 0.5) is 4.79 Å². The number of benzene rings is 1. The summed E-state index contributed by atoms with van der Waals surface area (Å²) in [4.78, 5) is 15.2. The van der Waals surface area contributed by atoms with E-state index in [0.29, 0.717) is 11.7 Å². The monoisotopic (exact) mass is 476 g/mol. The third-order valence-electron chi connectivity index (χ3n) is 8.14. The van der Waals surface area contributed by atoms with Gasteiger partial charge in [0.2, 0.25) is 0 Å². The number of amides is 2. The molecule has 0 aliphatic heterocycles. The van der Waals surface area contributed by atoms with Gasteiger partial charge >= 0.3 is 6.03 Å². The van der Waals surface area contributed by atoms with Gasteiger partial charge in [0.15, 0.2) is 0 Å². The summed E-state index contributed by atoms with van der Waals surface area (Å²) in [5.41, 5.74) is 2.40. The molecular formula is C30H40N2O3. The summed E-state index contributed by atoms with van der Waals surface area (Å²) in [5.74, 6) is 3.09. The number of carbonyl (C=O) groups excluding carboxylic acids is 1. The van der Waals surface area contributed by atoms with Crippen LogP contribution in [-0.4, -0.2) is 30.6 Å². The molecule has 4 rings (SSSR count). The molecule has 5 nitrogen and oxygen atoms in total. The number of hydrogen-bond donors (Lipinski definition) is 1. The summed E-state index contributed by atoms with van der Waals surface area (Å²) in [5, 5.41) is 3.47. The molecule has 5 heteroatoms. The van der Waals surface area contributed by atoms with Crippen LogP contribution in [0.2, 0.25) is 0 Å². The van der Waals surface area contributed by atoms with Crippen LogP contribution >= 0.6 is 0 Å². The molecule has 188 valence electrons. The van der Waals surface area contributed by atoms with Crippen LogP contribution in [0.1, 0.15) is 64.5 Å². The number of hydrogen-bond acceptors (Lipinski definition) is 3. The van der Waals surface area contributed by atoms with Crippen LogP contribution in [0.5, 0.6) is 5.75 Å². The lowest BCUT2D eigenvalue weighted by molar-refractivity contribution is 0.130. The minimum atomic E-state index is -0.681. The van der Waals surface area contributed by atoms with E-state index < -0.39 is 5.54 Å². The van der Waals surface area contributed by atoms with Crippen LogP contribution < -0.4 is 10.1 Å². The Morgan fingerprint density at radius 3 is 2.60 bits per heavy atom. The van der Waals surface area contributed by atoms with Gasteiger partial charge in [-0.05, 0) is 93.4 Å². The molecule has 2 amide bonds. The van der Waals surface area contributed by atoms with Gasteiger partial charge in [-0.1, -0.05) is 32.2 Å². The Morgan fingerprint density at radius 1 is 1.26 bits per heavy atom. The Labute approximate surface area is 210 Å². The highest BCUT2D eigenvalue weighted by Gasteiger charge is 2.61. The lowest BCUT2D eigenvalue weighted by Gasteiger charge is -2.42. The van der Waals surface area contributed by atoms with Crippen molar-refractivity contribution in [1.29, 1.82) is 0 Å². The van der Waals surface area contributed by atoms with Crippen molar-refractivity contribution in [2.45, 2.75) is 71.4 Å². The summed E-state index contributed by atoms with van der Waals surface area (Å²) in [6.45, 7) is 16.8. The molecule has 1 N–H and O–H groups in total. The number of fused-ring (bicyclic) bond motifs is 3. The fourth-order valence-corrected chi connectivity index (χ4v) is 5.36. The molecule has 1 saturated carbocycles. The number of ether oxygens (including phenoxy) is 2. The van der Waals surface area contributed by atoms with E-state index in [1.807, 2.05) is 27.8 Å². The Hall–Kier alpha value is -2.95. The van der Waals surface area contributed by atoms with Crippen molar-refractivity contribution in [3.63, 3.8) is 0 Å². The predicted octanol–water partition coefficient (Wildman–Crippen LogP) is 6.62. The van der Waals surface area contributed by atoms with Gasteiger partial charge in [0.05, 0.1) is 12.1 Å². The van der Waals surface area contributed by atoms with Gasteiger partial charge in [0, 0.05) is 24.9 Å². The fourth-order valence-electron chi connectivity index (χ4n) is 5.36. The normalized spacial score (nSPS) is 25.3. The molecule has 3 aliphatic carbocycles. The smallest absolute Gasteiger partial charge is 0.318 e. The molecule has 0 bridgehead atoms. The van der Waals surface area contributed by atoms with Crippen LogP contribution in [-0.2, 0) is 16.7 Å². The lowest BCUT2D eigenvalue weighted by Crippen LogP contribution is -2.56. The number of nitrogens with zero attached hydrogens (tertiary/aromatic N) is 1. The van der Waals surface area contributed by atoms with Crippen LogP contribution in [0.25, 0.3) is 0 Å². The van der Waals surface area contributed by atoms with Gasteiger partial charge < -0.3 is 19.7 Å². The number of rotatable bonds is 10. The molecule has 3 aliphatic rings. The van der Waals surface area contributed by atoms with E-state index in [0.717, 1.165) is 48.5 Å². The lowest BCUT2D eigenvalue weighted by atomic mass is 9.70. The fraction of sp³-hybridized carbons (Fsp3) is 0.500. The molecule has 0 spiro atoms. The van der Waals surface area contributed by atoms with Crippen LogP contribution in [0.15, 0.2) is 66.7 Å². The summed E-state index contributed by atoms with van der Waals surface area (Å²) in [6.07, 6.45) is 10.6. The summed E-state index contributed by atoms with van der Waals surface area (Å²) < 4.78 is 12.5. The molecule has 2 atom stereocenters. The maximum absolute atomic E-state index is 13.5. The Morgan fingerprint density at radius 2 is 2.00 bits per heavy atom. The Kier molecular flexibility index (Phi) is 6.90. The molecule has 0 radical (unpaired) electrons. The van der Waals surface area contributed by atoms with Crippen molar-refractivity contribution >= 4 is 6.03 Å². The first-order valence-corrected chi connectivity index (χ1v) is 12.8. The molecular weight excluding hydrogens is 436 g/mol. The Balaban J connectivity index is 1.79. The van der Waals surface area contributed by atoms with Gasteiger partial charge in [-0.25, -0.2) is 4.79 Å². The van der Waals surface area contributed by atoms with Crippen LogP contribution in [0, 0.1) is 11.3 Å². The SMILES string of the molecule is C=C/C(C)=C(\C=C)OC1=CC2(NC(=O)N(C)C(C)C)c3cc(OCC4CC4)ccc3CC2(CC)C1. The molecule has 0 heterocycles. The predicted molar refractivity (Wildman–Crippen MR) is 141 cm³/mol. The number of urea groups is 1. The molecule has 1 aromatic rings. The van der Waals surface area contributed by atoms with Crippen LogP contribution in [0.3, 0.4) is 0 Å². The molecule has 1 aromatic carbocycles. The second-order valence-electron chi connectivity index (χ2n) is 10.7. The maximum atomic E-state index is 13.5. The van der Waals surface area contributed by atoms with Crippen molar-refractivity contribution in [1.82, 2.24) is 10.2 Å². The second kappa shape index (κ2) is 9.60. The van der Waals surface area contributed by atoms with Gasteiger partial charge in [-0.3, -0.25) is 0 Å². The molecule has 1 fully saturated rings. The van der Waals surface area contributed by atoms with Crippen molar-refractivity contribution < 1.29 is 14.3 Å². The average Bonchev–Trinajstić information content (AvgIpc) is 3.58. The first kappa shape index (κ1) is 25.2. The average molecular weight is 477 g/mol. The highest BCUT2D eigenvalue weighted by Crippen LogP contribution is 2.61. The summed E-state index contributed by atoms with van der Waals surface area (Å²) >= 11 is 0. The van der Waals surface area contributed by atoms with E-state index in [4.69, 9.17) is 9.47 Å². The van der Waals surface area contributed by atoms with E-state index in [1.54, 1.807) is 17.1 Å². The number of allylic oxidation sites excluding steroid dienone is 4. The largest absolute Gasteiger partial charge is 0.493 e. The highest BCUT2D eigenvalue weighted by molar-refractivity contribution is 5.77. The zero-order chi connectivity index (χ0) is 25.4. The quantitative estimate of drug-likeness (QED) is 0.305. The van der Waals surface area contributed by atoms with Gasteiger partial charge in [0.1, 0.15) is 17.3 Å². The first-order chi connectivity index (χ1) is 16.7. The minimum absolute atomic E-state index is 0.0863. The zero-order valence-electron chi connectivity index (χ0n) is 21.9. The topological polar surface area (TPSA) is 50.8 Å². The standard InChI is InChI=1S/C30H40N2O3/c1-8-21(6)27(9-2)35-25-17-29(10-3)16-23-13-14-24(34-19-22-11-12-22)15-26(23)30(29,18-25)31-28(33)32(7)20(4)5/h8-9,13-15,18,20,22H,1-2,10-12,16-17,19H2,3-7H3,(H,31,33)/b27-21+. The van der Waals surface area contributed by atoms with Crippen molar-refractivity contribution in [2.24, 2.45) is 11.3 Å². The first-order valence-electron chi connectivity index (χ1n) is 12.8. The minimum Gasteiger partial charge on any atom is -0.493 e. The van der Waals surface area contributed by atoms with Crippen molar-refractivity contribution in [3.8, 4) is 5.75 Å². The van der Waals surface area contributed by atoms with Crippen molar-refractivity contribution in [2.75, 3.05) is 13.7 Å².